The van der Waals surface area contributed by atoms with Crippen molar-refractivity contribution in [3.05, 3.63) is 69.2 Å². The smallest absolute Gasteiger partial charge is 0.368 e. The second-order valence-electron chi connectivity index (χ2n) is 5.84. The Morgan fingerprint density at radius 3 is 2.41 bits per heavy atom. The molecule has 0 aliphatic heterocycles. The third-order valence-electron chi connectivity index (χ3n) is 3.74. The Kier molecular flexibility index (Phi) is 6.73. The molecule has 0 aliphatic carbocycles. The lowest BCUT2D eigenvalue weighted by Crippen LogP contribution is -2.46. The second kappa shape index (κ2) is 8.63. The van der Waals surface area contributed by atoms with E-state index >= 15 is 0 Å². The fourth-order valence-corrected chi connectivity index (χ4v) is 2.90. The molecule has 27 heavy (non-hydrogen) atoms. The second-order valence-corrected chi connectivity index (χ2v) is 6.68. The van der Waals surface area contributed by atoms with E-state index in [1.54, 1.807) is 12.1 Å². The van der Waals surface area contributed by atoms with Gasteiger partial charge in [-0.1, -0.05) is 47.5 Å². The van der Waals surface area contributed by atoms with E-state index < -0.39 is 29.6 Å². The highest BCUT2D eigenvalue weighted by Gasteiger charge is 2.30. The molecule has 3 N–H and O–H groups in total. The average molecular weight is 419 g/mol. The van der Waals surface area contributed by atoms with Gasteiger partial charge in [0, 0.05) is 16.5 Å². The average Bonchev–Trinajstić information content (AvgIpc) is 2.55. The number of nitrogens with one attached hydrogen (secondary N) is 1. The molecule has 0 radical (unpaired) electrons. The van der Waals surface area contributed by atoms with Gasteiger partial charge in [0.15, 0.2) is 0 Å². The Hall–Kier alpha value is -2.25. The summed E-state index contributed by atoms with van der Waals surface area (Å²) in [6, 6.07) is 7.99. The number of amides is 2. The highest BCUT2D eigenvalue weighted by Crippen LogP contribution is 2.29. The van der Waals surface area contributed by atoms with Crippen LogP contribution in [0.2, 0.25) is 10.0 Å². The first-order chi connectivity index (χ1) is 12.6. The van der Waals surface area contributed by atoms with Gasteiger partial charge in [0.25, 0.3) is 0 Å². The summed E-state index contributed by atoms with van der Waals surface area (Å²) in [7, 11) is 0. The SMILES string of the molecule is NC(=O)[C@H](Cc1ccc(Cl)cc1Cl)NC(=O)Cc1cccc(C(F)(F)F)c1. The minimum atomic E-state index is -4.51. The molecular formula is C18H15Cl2F3N2O2. The van der Waals surface area contributed by atoms with Gasteiger partial charge in [0.1, 0.15) is 6.04 Å². The molecule has 0 unspecified atom stereocenters. The number of primary amides is 1. The number of carbonyl (C=O) groups excluding carboxylic acids is 2. The highest BCUT2D eigenvalue weighted by atomic mass is 35.5. The van der Waals surface area contributed by atoms with Crippen LogP contribution in [0.25, 0.3) is 0 Å². The van der Waals surface area contributed by atoms with Crippen molar-refractivity contribution in [1.29, 1.82) is 0 Å². The monoisotopic (exact) mass is 418 g/mol. The molecule has 0 saturated carbocycles. The van der Waals surface area contributed by atoms with Crippen molar-refractivity contribution in [2.45, 2.75) is 25.1 Å². The van der Waals surface area contributed by atoms with Crippen molar-refractivity contribution in [2.75, 3.05) is 0 Å². The predicted octanol–water partition coefficient (Wildman–Crippen LogP) is 3.77. The summed E-state index contributed by atoms with van der Waals surface area (Å²) < 4.78 is 38.2. The third-order valence-corrected chi connectivity index (χ3v) is 4.32. The molecule has 0 fully saturated rings. The topological polar surface area (TPSA) is 72.2 Å². The summed E-state index contributed by atoms with van der Waals surface area (Å²) in [4.78, 5) is 23.8. The van der Waals surface area contributed by atoms with Crippen molar-refractivity contribution in [3.8, 4) is 0 Å². The van der Waals surface area contributed by atoms with Crippen LogP contribution in [0.3, 0.4) is 0 Å². The maximum atomic E-state index is 12.7. The van der Waals surface area contributed by atoms with E-state index in [1.165, 1.54) is 18.2 Å². The quantitative estimate of drug-likeness (QED) is 0.749. The van der Waals surface area contributed by atoms with Gasteiger partial charge in [-0.25, -0.2) is 0 Å². The van der Waals surface area contributed by atoms with E-state index in [4.69, 9.17) is 28.9 Å². The number of alkyl halides is 3. The molecule has 144 valence electrons. The van der Waals surface area contributed by atoms with Crippen molar-refractivity contribution in [3.63, 3.8) is 0 Å². The number of nitrogens with two attached hydrogens (primary N) is 1. The summed E-state index contributed by atoms with van der Waals surface area (Å²) in [6.45, 7) is 0. The fourth-order valence-electron chi connectivity index (χ4n) is 2.42. The molecular weight excluding hydrogens is 404 g/mol. The largest absolute Gasteiger partial charge is 0.416 e. The Morgan fingerprint density at radius 2 is 1.81 bits per heavy atom. The Labute approximate surface area is 163 Å². The molecule has 0 saturated heterocycles. The van der Waals surface area contributed by atoms with E-state index in [1.807, 2.05) is 0 Å². The molecule has 2 rings (SSSR count). The number of hydrogen-bond acceptors (Lipinski definition) is 2. The number of benzene rings is 2. The standard InChI is InChI=1S/C18H15Cl2F3N2O2/c19-13-5-4-11(14(20)9-13)8-15(17(24)27)25-16(26)7-10-2-1-3-12(6-10)18(21,22)23/h1-6,9,15H,7-8H2,(H2,24,27)(H,25,26)/t15-/m0/s1. The van der Waals surface area contributed by atoms with Gasteiger partial charge in [-0.15, -0.1) is 0 Å². The number of hydrogen-bond donors (Lipinski definition) is 2. The summed E-state index contributed by atoms with van der Waals surface area (Å²) in [5.41, 5.74) is 5.17. The molecule has 0 bridgehead atoms. The number of halogens is 5. The van der Waals surface area contributed by atoms with Gasteiger partial charge >= 0.3 is 6.18 Å². The van der Waals surface area contributed by atoms with Crippen molar-refractivity contribution in [2.24, 2.45) is 5.73 Å². The van der Waals surface area contributed by atoms with Gasteiger partial charge in [-0.3, -0.25) is 9.59 Å². The van der Waals surface area contributed by atoms with Crippen molar-refractivity contribution >= 4 is 35.0 Å². The van der Waals surface area contributed by atoms with Crippen LogP contribution in [0.5, 0.6) is 0 Å². The van der Waals surface area contributed by atoms with E-state index in [0.29, 0.717) is 15.6 Å². The van der Waals surface area contributed by atoms with Crippen LogP contribution in [-0.4, -0.2) is 17.9 Å². The summed E-state index contributed by atoms with van der Waals surface area (Å²) in [6.07, 6.45) is -4.81. The Balaban J connectivity index is 2.08. The van der Waals surface area contributed by atoms with E-state index in [0.717, 1.165) is 12.1 Å². The number of carbonyl (C=O) groups is 2. The third kappa shape index (κ3) is 6.15. The van der Waals surface area contributed by atoms with Gasteiger partial charge in [-0.05, 0) is 29.3 Å². The number of rotatable bonds is 6. The predicted molar refractivity (Wildman–Crippen MR) is 96.4 cm³/mol. The zero-order chi connectivity index (χ0) is 20.2. The molecule has 4 nitrogen and oxygen atoms in total. The minimum Gasteiger partial charge on any atom is -0.368 e. The molecule has 1 atom stereocenters. The first kappa shape index (κ1) is 21.1. The van der Waals surface area contributed by atoms with Crippen LogP contribution in [0.4, 0.5) is 13.2 Å². The highest BCUT2D eigenvalue weighted by molar-refractivity contribution is 6.35. The van der Waals surface area contributed by atoms with Crippen molar-refractivity contribution in [1.82, 2.24) is 5.32 Å². The van der Waals surface area contributed by atoms with Gasteiger partial charge < -0.3 is 11.1 Å². The zero-order valence-electron chi connectivity index (χ0n) is 13.8. The molecule has 0 aliphatic rings. The normalized spacial score (nSPS) is 12.5. The van der Waals surface area contributed by atoms with Crippen LogP contribution in [0, 0.1) is 0 Å². The first-order valence-corrected chi connectivity index (χ1v) is 8.50. The van der Waals surface area contributed by atoms with E-state index in [2.05, 4.69) is 5.32 Å². The lowest BCUT2D eigenvalue weighted by atomic mass is 10.0. The lowest BCUT2D eigenvalue weighted by molar-refractivity contribution is -0.137. The van der Waals surface area contributed by atoms with E-state index in [-0.39, 0.29) is 18.4 Å². The summed E-state index contributed by atoms with van der Waals surface area (Å²) in [5, 5.41) is 3.14. The Bertz CT molecular complexity index is 857. The van der Waals surface area contributed by atoms with Crippen LogP contribution in [0.15, 0.2) is 42.5 Å². The molecule has 2 amide bonds. The van der Waals surface area contributed by atoms with Gasteiger partial charge in [0.05, 0.1) is 12.0 Å². The Morgan fingerprint density at radius 1 is 1.11 bits per heavy atom. The molecule has 9 heteroatoms. The van der Waals surface area contributed by atoms with Crippen molar-refractivity contribution < 1.29 is 22.8 Å². The van der Waals surface area contributed by atoms with Crippen LogP contribution in [-0.2, 0) is 28.6 Å². The lowest BCUT2D eigenvalue weighted by Gasteiger charge is -2.17. The molecule has 2 aromatic rings. The molecule has 0 heterocycles. The first-order valence-electron chi connectivity index (χ1n) is 7.75. The summed E-state index contributed by atoms with van der Waals surface area (Å²) in [5.74, 6) is -1.43. The molecule has 0 aromatic heterocycles. The van der Waals surface area contributed by atoms with Gasteiger partial charge in [-0.2, -0.15) is 13.2 Å². The zero-order valence-corrected chi connectivity index (χ0v) is 15.3. The molecule has 0 spiro atoms. The molecule has 2 aromatic carbocycles. The van der Waals surface area contributed by atoms with E-state index in [9.17, 15) is 22.8 Å². The minimum absolute atomic E-state index is 0.0274. The van der Waals surface area contributed by atoms with Crippen LogP contribution in [0.1, 0.15) is 16.7 Å². The fraction of sp³-hybridized carbons (Fsp3) is 0.222. The maximum absolute atomic E-state index is 12.7. The summed E-state index contributed by atoms with van der Waals surface area (Å²) >= 11 is 11.9. The van der Waals surface area contributed by atoms with Crippen LogP contribution < -0.4 is 11.1 Å². The maximum Gasteiger partial charge on any atom is 0.416 e. The van der Waals surface area contributed by atoms with Crippen LogP contribution >= 0.6 is 23.2 Å². The van der Waals surface area contributed by atoms with Gasteiger partial charge in [0.2, 0.25) is 11.8 Å².